The highest BCUT2D eigenvalue weighted by Gasteiger charge is 2.51. The number of ether oxygens (including phenoxy) is 2. The number of hydrogen-bond acceptors (Lipinski definition) is 5. The second kappa shape index (κ2) is 8.17. The fraction of sp³-hybridized carbons (Fsp3) is 0.529. The molecule has 4 atom stereocenters. The van der Waals surface area contributed by atoms with Crippen LogP contribution in [-0.2, 0) is 11.3 Å². The number of nitrogens with zero attached hydrogens (tertiary/aromatic N) is 3. The van der Waals surface area contributed by atoms with E-state index in [0.29, 0.717) is 19.4 Å². The third-order valence-corrected chi connectivity index (χ3v) is 4.53. The molecular formula is C17H23N3O4. The zero-order valence-electron chi connectivity index (χ0n) is 13.7. The lowest BCUT2D eigenvalue weighted by Gasteiger charge is -2.32. The van der Waals surface area contributed by atoms with Gasteiger partial charge in [-0.05, 0) is 36.1 Å². The fourth-order valence-corrected chi connectivity index (χ4v) is 3.19. The molecule has 0 saturated heterocycles. The van der Waals surface area contributed by atoms with Gasteiger partial charge in [0.05, 0.1) is 38.6 Å². The van der Waals surface area contributed by atoms with Crippen molar-refractivity contribution >= 4 is 0 Å². The molecule has 1 aromatic rings. The number of rotatable bonds is 8. The number of benzene rings is 1. The number of allylic oxidation sites excluding steroid dienone is 1. The van der Waals surface area contributed by atoms with Gasteiger partial charge in [0.25, 0.3) is 0 Å². The Morgan fingerprint density at radius 2 is 2.12 bits per heavy atom. The van der Waals surface area contributed by atoms with Gasteiger partial charge in [-0.3, -0.25) is 0 Å². The molecule has 7 nitrogen and oxygen atoms in total. The molecule has 24 heavy (non-hydrogen) atoms. The first-order valence-corrected chi connectivity index (χ1v) is 7.78. The third-order valence-electron chi connectivity index (χ3n) is 4.53. The predicted octanol–water partition coefficient (Wildman–Crippen LogP) is 2.58. The fourth-order valence-electron chi connectivity index (χ4n) is 3.19. The van der Waals surface area contributed by atoms with E-state index in [4.69, 9.17) is 15.0 Å². The van der Waals surface area contributed by atoms with Crippen molar-refractivity contribution in [3.63, 3.8) is 0 Å². The molecule has 7 heteroatoms. The minimum atomic E-state index is -1.09. The Labute approximate surface area is 141 Å². The minimum Gasteiger partial charge on any atom is -0.497 e. The van der Waals surface area contributed by atoms with Crippen molar-refractivity contribution in [1.82, 2.24) is 0 Å². The third kappa shape index (κ3) is 3.88. The summed E-state index contributed by atoms with van der Waals surface area (Å²) < 4.78 is 10.9. The maximum atomic E-state index is 10.4. The summed E-state index contributed by atoms with van der Waals surface area (Å²) in [5.41, 5.74) is 8.88. The van der Waals surface area contributed by atoms with E-state index in [1.54, 1.807) is 13.2 Å². The van der Waals surface area contributed by atoms with E-state index in [9.17, 15) is 10.2 Å². The van der Waals surface area contributed by atoms with Gasteiger partial charge in [0.2, 0.25) is 0 Å². The molecule has 0 heterocycles. The molecule has 0 amide bonds. The van der Waals surface area contributed by atoms with Gasteiger partial charge in [0.1, 0.15) is 5.75 Å². The second-order valence-electron chi connectivity index (χ2n) is 6.11. The van der Waals surface area contributed by atoms with Gasteiger partial charge < -0.3 is 19.7 Å². The Hall–Kier alpha value is -2.05. The van der Waals surface area contributed by atoms with Crippen molar-refractivity contribution in [2.24, 2.45) is 10.5 Å². The second-order valence-corrected chi connectivity index (χ2v) is 6.11. The summed E-state index contributed by atoms with van der Waals surface area (Å²) in [6.45, 7) is 4.33. The van der Waals surface area contributed by atoms with E-state index < -0.39 is 23.7 Å². The molecule has 2 N–H and O–H groups in total. The maximum Gasteiger partial charge on any atom is 0.118 e. The summed E-state index contributed by atoms with van der Waals surface area (Å²) in [4.78, 5) is 2.75. The molecule has 0 radical (unpaired) electrons. The lowest BCUT2D eigenvalue weighted by Crippen LogP contribution is -2.39. The van der Waals surface area contributed by atoms with Crippen molar-refractivity contribution in [1.29, 1.82) is 0 Å². The Morgan fingerprint density at radius 3 is 2.71 bits per heavy atom. The maximum absolute atomic E-state index is 10.4. The number of aliphatic hydroxyl groups is 2. The average molecular weight is 333 g/mol. The molecular weight excluding hydrogens is 310 g/mol. The highest BCUT2D eigenvalue weighted by Crippen LogP contribution is 2.43. The van der Waals surface area contributed by atoms with Crippen LogP contribution in [0.15, 0.2) is 42.0 Å². The normalized spacial score (nSPS) is 29.0. The zero-order chi connectivity index (χ0) is 17.6. The highest BCUT2D eigenvalue weighted by atomic mass is 16.5. The Morgan fingerprint density at radius 1 is 1.42 bits per heavy atom. The molecule has 1 aliphatic carbocycles. The van der Waals surface area contributed by atoms with Crippen LogP contribution < -0.4 is 4.74 Å². The van der Waals surface area contributed by atoms with Gasteiger partial charge in [0.15, 0.2) is 0 Å². The molecule has 0 bridgehead atoms. The van der Waals surface area contributed by atoms with Gasteiger partial charge in [-0.25, -0.2) is 0 Å². The zero-order valence-corrected chi connectivity index (χ0v) is 13.7. The molecule has 0 aliphatic heterocycles. The van der Waals surface area contributed by atoms with E-state index in [0.717, 1.165) is 11.3 Å². The SMILES string of the molecule is C=CC[C@@]1(COCc2ccc(OC)cc2)C[C@@H](N=[N+]=[N-])[C@H](O)[C@@H]1O. The number of hydrogen-bond donors (Lipinski definition) is 2. The molecule has 1 aromatic carbocycles. The molecule has 0 aromatic heterocycles. The van der Waals surface area contributed by atoms with Crippen molar-refractivity contribution in [2.45, 2.75) is 37.7 Å². The monoisotopic (exact) mass is 333 g/mol. The lowest BCUT2D eigenvalue weighted by atomic mass is 9.81. The molecule has 130 valence electrons. The van der Waals surface area contributed by atoms with E-state index in [1.807, 2.05) is 24.3 Å². The topological polar surface area (TPSA) is 108 Å². The lowest BCUT2D eigenvalue weighted by molar-refractivity contribution is -0.0651. The largest absolute Gasteiger partial charge is 0.497 e. The highest BCUT2D eigenvalue weighted by molar-refractivity contribution is 5.26. The average Bonchev–Trinajstić information content (AvgIpc) is 2.82. The van der Waals surface area contributed by atoms with Crippen LogP contribution in [0.5, 0.6) is 5.75 Å². The van der Waals surface area contributed by atoms with Crippen molar-refractivity contribution in [2.75, 3.05) is 13.7 Å². The smallest absolute Gasteiger partial charge is 0.118 e. The van der Waals surface area contributed by atoms with E-state index in [2.05, 4.69) is 16.6 Å². The van der Waals surface area contributed by atoms with E-state index >= 15 is 0 Å². The van der Waals surface area contributed by atoms with Crippen molar-refractivity contribution in [3.05, 3.63) is 52.9 Å². The van der Waals surface area contributed by atoms with Gasteiger partial charge in [0, 0.05) is 10.3 Å². The van der Waals surface area contributed by atoms with Gasteiger partial charge in [-0.2, -0.15) is 0 Å². The first-order valence-electron chi connectivity index (χ1n) is 7.78. The summed E-state index contributed by atoms with van der Waals surface area (Å²) in [7, 11) is 1.61. The van der Waals surface area contributed by atoms with E-state index in [1.165, 1.54) is 0 Å². The summed E-state index contributed by atoms with van der Waals surface area (Å²) >= 11 is 0. The molecule has 1 aliphatic rings. The number of azide groups is 1. The van der Waals surface area contributed by atoms with Crippen LogP contribution in [-0.4, -0.2) is 42.2 Å². The Balaban J connectivity index is 2.02. The van der Waals surface area contributed by atoms with E-state index in [-0.39, 0.29) is 6.61 Å². The predicted molar refractivity (Wildman–Crippen MR) is 89.5 cm³/mol. The van der Waals surface area contributed by atoms with Crippen molar-refractivity contribution < 1.29 is 19.7 Å². The summed E-state index contributed by atoms with van der Waals surface area (Å²) in [6.07, 6.45) is 0.386. The Kier molecular flexibility index (Phi) is 6.23. The first kappa shape index (κ1) is 18.3. The summed E-state index contributed by atoms with van der Waals surface area (Å²) in [5.74, 6) is 0.772. The molecule has 1 saturated carbocycles. The minimum absolute atomic E-state index is 0.237. The summed E-state index contributed by atoms with van der Waals surface area (Å²) in [5, 5.41) is 24.1. The quantitative estimate of drug-likeness (QED) is 0.330. The van der Waals surface area contributed by atoms with Crippen LogP contribution in [0.3, 0.4) is 0 Å². The van der Waals surface area contributed by atoms with Crippen LogP contribution in [0.25, 0.3) is 10.4 Å². The number of aliphatic hydroxyl groups excluding tert-OH is 2. The standard InChI is InChI=1S/C17H23N3O4/c1-3-8-17(9-14(19-20-18)15(21)16(17)22)11-24-10-12-4-6-13(23-2)7-5-12/h3-7,14-16,21-22H,1,8-11H2,2H3/t14-,15+,16+,17+/m1/s1. The molecule has 0 unspecified atom stereocenters. The molecule has 1 fully saturated rings. The van der Waals surface area contributed by atoms with Crippen molar-refractivity contribution in [3.8, 4) is 5.75 Å². The molecule has 0 spiro atoms. The van der Waals surface area contributed by atoms with Gasteiger partial charge in [-0.1, -0.05) is 23.3 Å². The Bertz CT molecular complexity index is 600. The van der Waals surface area contributed by atoms with Crippen LogP contribution >= 0.6 is 0 Å². The van der Waals surface area contributed by atoms with Crippen LogP contribution in [0.4, 0.5) is 0 Å². The van der Waals surface area contributed by atoms with Crippen LogP contribution in [0.2, 0.25) is 0 Å². The molecule has 2 rings (SSSR count). The van der Waals surface area contributed by atoms with Gasteiger partial charge in [-0.15, -0.1) is 6.58 Å². The van der Waals surface area contributed by atoms with Crippen LogP contribution in [0.1, 0.15) is 18.4 Å². The van der Waals surface area contributed by atoms with Crippen LogP contribution in [0, 0.1) is 5.41 Å². The first-order chi connectivity index (χ1) is 11.6. The number of methoxy groups -OCH3 is 1. The van der Waals surface area contributed by atoms with Gasteiger partial charge >= 0.3 is 0 Å². The summed E-state index contributed by atoms with van der Waals surface area (Å²) in [6, 6.07) is 6.85.